The average molecular weight is 156 g/mol. The Labute approximate surface area is 77.1 Å². The summed E-state index contributed by atoms with van der Waals surface area (Å²) < 4.78 is 0. The van der Waals surface area contributed by atoms with E-state index in [4.69, 9.17) is 7.49 Å². The molecule has 0 fully saturated rings. The van der Waals surface area contributed by atoms with Gasteiger partial charge in [-0.25, -0.2) is 0 Å². The monoisotopic (exact) mass is 156 g/mol. The first-order chi connectivity index (χ1) is 5.75. The van der Waals surface area contributed by atoms with Crippen molar-refractivity contribution in [2.45, 2.75) is 26.7 Å². The van der Waals surface area contributed by atoms with Gasteiger partial charge in [0, 0.05) is 0 Å². The summed E-state index contributed by atoms with van der Waals surface area (Å²) >= 11 is 0. The summed E-state index contributed by atoms with van der Waals surface area (Å²) in [6.07, 6.45) is 6.61. The first-order valence-corrected chi connectivity index (χ1v) is 4.60. The zero-order valence-corrected chi connectivity index (χ0v) is 7.88. The summed E-state index contributed by atoms with van der Waals surface area (Å²) in [6, 6.07) is 0. The van der Waals surface area contributed by atoms with Crippen LogP contribution >= 0.6 is 0 Å². The summed E-state index contributed by atoms with van der Waals surface area (Å²) in [6.45, 7) is 4.44. The maximum absolute atomic E-state index is 5.85. The molecule has 0 bridgehead atoms. The minimum atomic E-state index is 0.594. The van der Waals surface area contributed by atoms with E-state index in [1.807, 2.05) is 13.3 Å². The van der Waals surface area contributed by atoms with Crippen molar-refractivity contribution in [3.05, 3.63) is 23.7 Å². The van der Waals surface area contributed by atoms with Crippen molar-refractivity contribution in [3.63, 3.8) is 0 Å². The third-order valence-electron chi connectivity index (χ3n) is 2.25. The Balaban J connectivity index is 2.65. The van der Waals surface area contributed by atoms with E-state index < -0.39 is 0 Å². The van der Waals surface area contributed by atoms with Crippen LogP contribution in [0.4, 0.5) is 0 Å². The summed E-state index contributed by atoms with van der Waals surface area (Å²) in [5.41, 5.74) is 1.29. The molecule has 0 aromatic carbocycles. The van der Waals surface area contributed by atoms with E-state index in [2.05, 4.69) is 26.0 Å². The Morgan fingerprint density at radius 3 is 2.92 bits per heavy atom. The van der Waals surface area contributed by atoms with Gasteiger partial charge in [0.2, 0.25) is 0 Å². The molecule has 60 valence electrons. The molecule has 1 aliphatic rings. The molecule has 0 spiro atoms. The second kappa shape index (κ2) is 4.49. The van der Waals surface area contributed by atoms with Crippen LogP contribution in [0.25, 0.3) is 0 Å². The van der Waals surface area contributed by atoms with Gasteiger partial charge in [-0.3, -0.25) is 0 Å². The van der Waals surface area contributed by atoms with Gasteiger partial charge >= 0.3 is 76.4 Å². The van der Waals surface area contributed by atoms with Crippen LogP contribution < -0.4 is 0 Å². The Hall–Kier alpha value is -0.520. The van der Waals surface area contributed by atoms with E-state index in [0.29, 0.717) is 5.92 Å². The van der Waals surface area contributed by atoms with E-state index in [0.717, 1.165) is 5.36 Å². The van der Waals surface area contributed by atoms with Crippen molar-refractivity contribution in [1.82, 2.24) is 0 Å². The predicted octanol–water partition coefficient (Wildman–Crippen LogP) is 1.88. The second-order valence-electron chi connectivity index (χ2n) is 3.32. The fourth-order valence-corrected chi connectivity index (χ4v) is 1.55. The molecule has 1 heterocycles. The topological polar surface area (TPSA) is 0 Å². The van der Waals surface area contributed by atoms with Gasteiger partial charge in [0.15, 0.2) is 0 Å². The third-order valence-corrected chi connectivity index (χ3v) is 2.25. The van der Waals surface area contributed by atoms with Gasteiger partial charge in [0.25, 0.3) is 0 Å². The van der Waals surface area contributed by atoms with E-state index in [1.165, 1.54) is 18.4 Å². The summed E-state index contributed by atoms with van der Waals surface area (Å²) in [5, 5.41) is 0.929. The minimum absolute atomic E-state index is 0.594. The molecular weight excluding hydrogens is 142 g/mol. The SMILES string of the molecule is [B]=C1[B]C=CC=C1C(C)CCC. The molecule has 1 atom stereocenters. The van der Waals surface area contributed by atoms with Gasteiger partial charge in [-0.15, -0.1) is 0 Å². The van der Waals surface area contributed by atoms with Gasteiger partial charge in [-0.05, 0) is 0 Å². The van der Waals surface area contributed by atoms with Crippen LogP contribution in [0.2, 0.25) is 0 Å². The van der Waals surface area contributed by atoms with Crippen molar-refractivity contribution in [2.24, 2.45) is 5.92 Å². The summed E-state index contributed by atoms with van der Waals surface area (Å²) in [4.78, 5) is 0. The molecule has 1 aliphatic heterocycles. The van der Waals surface area contributed by atoms with Crippen LogP contribution in [0.1, 0.15) is 26.7 Å². The molecule has 0 amide bonds. The van der Waals surface area contributed by atoms with E-state index in [9.17, 15) is 0 Å². The molecule has 0 aliphatic carbocycles. The first-order valence-electron chi connectivity index (χ1n) is 4.60. The Kier molecular flexibility index (Phi) is 3.58. The third kappa shape index (κ3) is 2.23. The van der Waals surface area contributed by atoms with Crippen molar-refractivity contribution >= 4 is 20.1 Å². The predicted molar refractivity (Wildman–Crippen MR) is 57.8 cm³/mol. The van der Waals surface area contributed by atoms with Crippen LogP contribution in [0.5, 0.6) is 0 Å². The standard InChI is InChI=1S/C10H14B2/c1-3-5-8(2)9-6-4-7-12-10(9)11/h4,6-8H,3,5H2,1-2H3. The fourth-order valence-electron chi connectivity index (χ4n) is 1.55. The molecule has 0 saturated carbocycles. The van der Waals surface area contributed by atoms with Crippen molar-refractivity contribution < 1.29 is 0 Å². The number of hydrogen-bond acceptors (Lipinski definition) is 0. The number of hydrogen-bond donors (Lipinski definition) is 0. The Bertz CT molecular complexity index is 226. The number of rotatable bonds is 3. The molecule has 12 heavy (non-hydrogen) atoms. The zero-order valence-electron chi connectivity index (χ0n) is 7.88. The van der Waals surface area contributed by atoms with Crippen LogP contribution in [-0.4, -0.2) is 20.1 Å². The molecule has 0 nitrogen and oxygen atoms in total. The quantitative estimate of drug-likeness (QED) is 0.547. The van der Waals surface area contributed by atoms with Gasteiger partial charge in [-0.2, -0.15) is 0 Å². The molecule has 2 radical (unpaired) electrons. The molecule has 0 aromatic rings. The van der Waals surface area contributed by atoms with Crippen molar-refractivity contribution in [2.75, 3.05) is 0 Å². The second-order valence-corrected chi connectivity index (χ2v) is 3.32. The molecule has 0 N–H and O–H groups in total. The normalized spacial score (nSPS) is 18.4. The van der Waals surface area contributed by atoms with Gasteiger partial charge < -0.3 is 0 Å². The van der Waals surface area contributed by atoms with Crippen LogP contribution in [0.15, 0.2) is 23.7 Å². The average Bonchev–Trinajstić information content (AvgIpc) is 2.05. The molecule has 2 heteroatoms. The zero-order chi connectivity index (χ0) is 8.97. The van der Waals surface area contributed by atoms with Gasteiger partial charge in [-0.1, -0.05) is 0 Å². The molecule has 1 rings (SSSR count). The first kappa shape index (κ1) is 9.57. The van der Waals surface area contributed by atoms with Crippen molar-refractivity contribution in [1.29, 1.82) is 0 Å². The fraction of sp³-hybridized carbons (Fsp3) is 0.500. The Morgan fingerprint density at radius 1 is 1.58 bits per heavy atom. The van der Waals surface area contributed by atoms with Gasteiger partial charge in [0.05, 0.1) is 0 Å². The summed E-state index contributed by atoms with van der Waals surface area (Å²) in [5.74, 6) is 2.58. The van der Waals surface area contributed by atoms with E-state index in [-0.39, 0.29) is 0 Å². The van der Waals surface area contributed by atoms with Crippen LogP contribution in [0.3, 0.4) is 0 Å². The van der Waals surface area contributed by atoms with Crippen LogP contribution in [-0.2, 0) is 0 Å². The van der Waals surface area contributed by atoms with Gasteiger partial charge in [0.1, 0.15) is 0 Å². The van der Waals surface area contributed by atoms with E-state index in [1.54, 1.807) is 0 Å². The Morgan fingerprint density at radius 2 is 2.33 bits per heavy atom. The molecular formula is C10H14B2. The molecule has 1 unspecified atom stereocenters. The summed E-state index contributed by atoms with van der Waals surface area (Å²) in [7, 11) is 7.83. The molecule has 0 saturated heterocycles. The number of allylic oxidation sites excluding steroid dienone is 3. The van der Waals surface area contributed by atoms with Crippen LogP contribution in [0, 0.1) is 5.92 Å². The van der Waals surface area contributed by atoms with Crippen molar-refractivity contribution in [3.8, 4) is 0 Å². The maximum atomic E-state index is 5.85. The van der Waals surface area contributed by atoms with E-state index >= 15 is 0 Å². The molecule has 0 aromatic heterocycles.